The average Bonchev–Trinajstić information content (AvgIpc) is 2.78. The minimum Gasteiger partial charge on any atom is -0.352 e. The average molecular weight is 478 g/mol. The van der Waals surface area contributed by atoms with Gasteiger partial charge in [0.15, 0.2) is 0 Å². The van der Waals surface area contributed by atoms with Crippen molar-refractivity contribution < 1.29 is 22.4 Å². The Balaban J connectivity index is 2.07. The maximum absolute atomic E-state index is 13.3. The van der Waals surface area contributed by atoms with Crippen molar-refractivity contribution in [2.24, 2.45) is 0 Å². The van der Waals surface area contributed by atoms with Gasteiger partial charge in [-0.15, -0.1) is 0 Å². The lowest BCUT2D eigenvalue weighted by Crippen LogP contribution is -2.49. The molecule has 9 heteroatoms. The molecule has 7 nitrogen and oxygen atoms in total. The van der Waals surface area contributed by atoms with E-state index in [-0.39, 0.29) is 48.1 Å². The lowest BCUT2D eigenvalue weighted by Gasteiger charge is -2.29. The molecule has 2 aromatic rings. The van der Waals surface area contributed by atoms with E-state index >= 15 is 0 Å². The van der Waals surface area contributed by atoms with Crippen molar-refractivity contribution in [1.29, 1.82) is 0 Å². The Morgan fingerprint density at radius 2 is 1.61 bits per heavy atom. The van der Waals surface area contributed by atoms with Crippen LogP contribution in [0, 0.1) is 5.82 Å². The van der Waals surface area contributed by atoms with Gasteiger partial charge in [-0.2, -0.15) is 0 Å². The third kappa shape index (κ3) is 7.64. The second-order valence-electron chi connectivity index (χ2n) is 8.23. The molecular formula is C24H32FN3O4S. The highest BCUT2D eigenvalue weighted by molar-refractivity contribution is 7.89. The summed E-state index contributed by atoms with van der Waals surface area (Å²) in [7, 11) is -2.17. The predicted molar refractivity (Wildman–Crippen MR) is 125 cm³/mol. The number of nitrogens with one attached hydrogen (secondary N) is 1. The van der Waals surface area contributed by atoms with Crippen molar-refractivity contribution in [1.82, 2.24) is 14.5 Å². The summed E-state index contributed by atoms with van der Waals surface area (Å²) in [5.41, 5.74) is 0.692. The number of rotatable bonds is 11. The molecule has 1 atom stereocenters. The summed E-state index contributed by atoms with van der Waals surface area (Å²) in [5, 5.41) is 2.80. The molecule has 0 aliphatic rings. The molecule has 0 heterocycles. The zero-order chi connectivity index (χ0) is 24.6. The van der Waals surface area contributed by atoms with Crippen LogP contribution in [0.15, 0.2) is 59.5 Å². The molecule has 0 aliphatic carbocycles. The summed E-state index contributed by atoms with van der Waals surface area (Å²) in [5.74, 6) is -0.953. The lowest BCUT2D eigenvalue weighted by atomic mass is 10.1. The zero-order valence-corrected chi connectivity index (χ0v) is 20.3. The summed E-state index contributed by atoms with van der Waals surface area (Å²) < 4.78 is 39.8. The van der Waals surface area contributed by atoms with Gasteiger partial charge in [-0.05, 0) is 57.0 Å². The molecule has 0 unspecified atom stereocenters. The standard InChI is InChI=1S/C24H32FN3O4S/c1-18(2)26-24(30)19(3)28(17-20-12-14-21(25)15-13-20)23(29)11-8-16-27(4)33(31,32)22-9-6-5-7-10-22/h5-7,9-10,12-15,18-19H,8,11,16-17H2,1-4H3,(H,26,30)/t19-/m0/s1. The van der Waals surface area contributed by atoms with E-state index in [1.165, 1.54) is 40.5 Å². The van der Waals surface area contributed by atoms with Crippen molar-refractivity contribution in [3.05, 3.63) is 66.0 Å². The van der Waals surface area contributed by atoms with Gasteiger partial charge >= 0.3 is 0 Å². The monoisotopic (exact) mass is 477 g/mol. The van der Waals surface area contributed by atoms with Gasteiger partial charge < -0.3 is 10.2 Å². The van der Waals surface area contributed by atoms with Gasteiger partial charge in [0.05, 0.1) is 4.90 Å². The van der Waals surface area contributed by atoms with E-state index in [9.17, 15) is 22.4 Å². The summed E-state index contributed by atoms with van der Waals surface area (Å²) in [6.45, 7) is 5.61. The second kappa shape index (κ2) is 11.9. The van der Waals surface area contributed by atoms with E-state index in [1.54, 1.807) is 37.3 Å². The molecule has 0 aromatic heterocycles. The van der Waals surface area contributed by atoms with Crippen LogP contribution in [0.25, 0.3) is 0 Å². The molecule has 0 spiro atoms. The van der Waals surface area contributed by atoms with Gasteiger partial charge in [0.1, 0.15) is 11.9 Å². The quantitative estimate of drug-likeness (QED) is 0.539. The van der Waals surface area contributed by atoms with Crippen LogP contribution in [0.1, 0.15) is 39.2 Å². The highest BCUT2D eigenvalue weighted by Crippen LogP contribution is 2.16. The molecular weight excluding hydrogens is 445 g/mol. The van der Waals surface area contributed by atoms with Crippen molar-refractivity contribution in [2.45, 2.75) is 57.1 Å². The molecule has 180 valence electrons. The van der Waals surface area contributed by atoms with E-state index in [0.29, 0.717) is 12.0 Å². The van der Waals surface area contributed by atoms with Crippen LogP contribution in [0.3, 0.4) is 0 Å². The molecule has 2 rings (SSSR count). The Kier molecular flexibility index (Phi) is 9.55. The number of carbonyl (C=O) groups excluding carboxylic acids is 2. The maximum Gasteiger partial charge on any atom is 0.242 e. The van der Waals surface area contributed by atoms with Crippen LogP contribution in [0.2, 0.25) is 0 Å². The van der Waals surface area contributed by atoms with Crippen LogP contribution < -0.4 is 5.32 Å². The predicted octanol–water partition coefficient (Wildman–Crippen LogP) is 3.17. The number of carbonyl (C=O) groups is 2. The molecule has 1 N–H and O–H groups in total. The zero-order valence-electron chi connectivity index (χ0n) is 19.5. The number of halogens is 1. The first-order valence-electron chi connectivity index (χ1n) is 10.9. The van der Waals surface area contributed by atoms with Gasteiger partial charge in [0.2, 0.25) is 21.8 Å². The van der Waals surface area contributed by atoms with Crippen molar-refractivity contribution in [2.75, 3.05) is 13.6 Å². The summed E-state index contributed by atoms with van der Waals surface area (Å²) in [6.07, 6.45) is 0.356. The summed E-state index contributed by atoms with van der Waals surface area (Å²) in [4.78, 5) is 27.2. The number of hydrogen-bond acceptors (Lipinski definition) is 4. The number of amides is 2. The van der Waals surface area contributed by atoms with Crippen LogP contribution >= 0.6 is 0 Å². The lowest BCUT2D eigenvalue weighted by molar-refractivity contribution is -0.140. The number of benzene rings is 2. The van der Waals surface area contributed by atoms with Crippen molar-refractivity contribution in [3.8, 4) is 0 Å². The Morgan fingerprint density at radius 1 is 1.00 bits per heavy atom. The summed E-state index contributed by atoms with van der Waals surface area (Å²) >= 11 is 0. The Labute approximate surface area is 195 Å². The number of hydrogen-bond donors (Lipinski definition) is 1. The normalized spacial score (nSPS) is 12.6. The molecule has 0 bridgehead atoms. The fourth-order valence-electron chi connectivity index (χ4n) is 3.26. The molecule has 0 saturated carbocycles. The molecule has 0 saturated heterocycles. The van der Waals surface area contributed by atoms with Gasteiger partial charge in [-0.1, -0.05) is 30.3 Å². The van der Waals surface area contributed by atoms with Gasteiger partial charge in [0.25, 0.3) is 0 Å². The van der Waals surface area contributed by atoms with Crippen LogP contribution in [0.5, 0.6) is 0 Å². The van der Waals surface area contributed by atoms with Gasteiger partial charge in [-0.3, -0.25) is 9.59 Å². The third-order valence-electron chi connectivity index (χ3n) is 5.18. The van der Waals surface area contributed by atoms with E-state index in [2.05, 4.69) is 5.32 Å². The smallest absolute Gasteiger partial charge is 0.242 e. The van der Waals surface area contributed by atoms with Crippen molar-refractivity contribution in [3.63, 3.8) is 0 Å². The fourth-order valence-corrected chi connectivity index (χ4v) is 4.49. The largest absolute Gasteiger partial charge is 0.352 e. The topological polar surface area (TPSA) is 86.8 Å². The van der Waals surface area contributed by atoms with E-state index < -0.39 is 16.1 Å². The Hall–Kier alpha value is -2.78. The maximum atomic E-state index is 13.3. The van der Waals surface area contributed by atoms with E-state index in [4.69, 9.17) is 0 Å². The Bertz CT molecular complexity index is 1030. The molecule has 2 amide bonds. The van der Waals surface area contributed by atoms with E-state index in [0.717, 1.165) is 0 Å². The molecule has 0 radical (unpaired) electrons. The Morgan fingerprint density at radius 3 is 2.18 bits per heavy atom. The van der Waals surface area contributed by atoms with E-state index in [1.807, 2.05) is 13.8 Å². The second-order valence-corrected chi connectivity index (χ2v) is 10.3. The molecule has 33 heavy (non-hydrogen) atoms. The van der Waals surface area contributed by atoms with Gasteiger partial charge in [0, 0.05) is 32.6 Å². The third-order valence-corrected chi connectivity index (χ3v) is 7.05. The van der Waals surface area contributed by atoms with Crippen molar-refractivity contribution >= 4 is 21.8 Å². The number of sulfonamides is 1. The minimum absolute atomic E-state index is 0.0646. The fraction of sp³-hybridized carbons (Fsp3) is 0.417. The van der Waals surface area contributed by atoms with Gasteiger partial charge in [-0.25, -0.2) is 17.1 Å². The minimum atomic E-state index is -3.64. The van der Waals surface area contributed by atoms with Crippen LogP contribution in [-0.4, -0.2) is 55.1 Å². The highest BCUT2D eigenvalue weighted by Gasteiger charge is 2.27. The number of nitrogens with zero attached hydrogens (tertiary/aromatic N) is 2. The SMILES string of the molecule is CC(C)NC(=O)[C@H](C)N(Cc1ccc(F)cc1)C(=O)CCCN(C)S(=O)(=O)c1ccccc1. The first kappa shape index (κ1) is 26.5. The first-order valence-corrected chi connectivity index (χ1v) is 12.3. The highest BCUT2D eigenvalue weighted by atomic mass is 32.2. The van der Waals surface area contributed by atoms with Crippen LogP contribution in [-0.2, 0) is 26.2 Å². The summed E-state index contributed by atoms with van der Waals surface area (Å²) in [6, 6.07) is 13.0. The molecule has 0 fully saturated rings. The molecule has 0 aliphatic heterocycles. The first-order chi connectivity index (χ1) is 15.5. The molecule has 2 aromatic carbocycles. The van der Waals surface area contributed by atoms with Crippen LogP contribution in [0.4, 0.5) is 4.39 Å².